The monoisotopic (exact) mass is 892 g/mol. The van der Waals surface area contributed by atoms with E-state index in [-0.39, 0.29) is 53.9 Å². The van der Waals surface area contributed by atoms with Gasteiger partial charge in [0.2, 0.25) is 6.43 Å². The van der Waals surface area contributed by atoms with Crippen molar-refractivity contribution >= 4 is 38.3 Å². The van der Waals surface area contributed by atoms with Crippen LogP contribution in [0.15, 0.2) is 77.0 Å². The van der Waals surface area contributed by atoms with Gasteiger partial charge in [-0.25, -0.2) is 31.3 Å². The first-order chi connectivity index (χ1) is 29.9. The van der Waals surface area contributed by atoms with E-state index in [4.69, 9.17) is 14.2 Å². The molecule has 63 heavy (non-hydrogen) atoms. The molecule has 2 bridgehead atoms. The van der Waals surface area contributed by atoms with Gasteiger partial charge in [-0.05, 0) is 85.8 Å². The molecule has 18 heteroatoms. The van der Waals surface area contributed by atoms with Crippen LogP contribution in [0.25, 0.3) is 11.0 Å². The number of aromatic amines is 1. The number of nitro groups is 1. The van der Waals surface area contributed by atoms with E-state index in [0.29, 0.717) is 43.7 Å². The number of nitrogens with one attached hydrogen (secondary N) is 2. The summed E-state index contributed by atoms with van der Waals surface area (Å²) in [4.78, 5) is 36.5. The highest BCUT2D eigenvalue weighted by atomic mass is 32.2. The van der Waals surface area contributed by atoms with Crippen LogP contribution in [0.3, 0.4) is 0 Å². The molecule has 6 aliphatic rings. The summed E-state index contributed by atoms with van der Waals surface area (Å²) >= 11 is 0. The number of pyridine rings is 1. The molecule has 1 amide bonds. The van der Waals surface area contributed by atoms with Gasteiger partial charge in [-0.15, -0.1) is 0 Å². The molecule has 0 unspecified atom stereocenters. The molecule has 2 aliphatic heterocycles. The molecule has 0 radical (unpaired) electrons. The lowest BCUT2D eigenvalue weighted by atomic mass is 9.32. The van der Waals surface area contributed by atoms with Crippen molar-refractivity contribution in [1.29, 1.82) is 0 Å². The largest absolute Gasteiger partial charge is 0.483 e. The van der Waals surface area contributed by atoms with E-state index in [1.165, 1.54) is 23.4 Å². The van der Waals surface area contributed by atoms with Crippen molar-refractivity contribution in [2.24, 2.45) is 16.2 Å². The first-order valence-electron chi connectivity index (χ1n) is 21.4. The number of alkyl halides is 3. The minimum atomic E-state index is -4.69. The van der Waals surface area contributed by atoms with Crippen molar-refractivity contribution < 1.29 is 45.5 Å². The number of nitro benzene ring substituents is 1. The van der Waals surface area contributed by atoms with E-state index in [2.05, 4.69) is 33.6 Å². The highest BCUT2D eigenvalue weighted by molar-refractivity contribution is 7.90. The zero-order valence-corrected chi connectivity index (χ0v) is 36.1. The SMILES string of the molecule is CC1(C)CCC(CN2CCN(c3ccc(C(=O)NS(=O)(=O)c4ccc(OCC5(F)CCOCC5)c([N+](=O)[O-])c4)c(Oc4cnc5[nH]ccc5c4)c3)CC2)=C(C23CC(C(F)F)(C2)C3)C1. The van der Waals surface area contributed by atoms with Crippen LogP contribution in [0.1, 0.15) is 75.6 Å². The fourth-order valence-corrected chi connectivity index (χ4v) is 11.2. The highest BCUT2D eigenvalue weighted by Crippen LogP contribution is 2.79. The molecule has 3 saturated carbocycles. The summed E-state index contributed by atoms with van der Waals surface area (Å²) in [5.41, 5.74) is 0.947. The second kappa shape index (κ2) is 16.1. The molecule has 5 fully saturated rings. The molecule has 4 aliphatic carbocycles. The number of fused-ring (bicyclic) bond motifs is 1. The lowest BCUT2D eigenvalue weighted by Gasteiger charge is -2.72. The molecule has 2 aromatic heterocycles. The lowest BCUT2D eigenvalue weighted by Crippen LogP contribution is -2.66. The molecule has 336 valence electrons. The predicted octanol–water partition coefficient (Wildman–Crippen LogP) is 8.34. The quantitative estimate of drug-likeness (QED) is 0.0709. The fourth-order valence-electron chi connectivity index (χ4n) is 10.3. The minimum Gasteiger partial charge on any atom is -0.483 e. The van der Waals surface area contributed by atoms with Gasteiger partial charge in [0.25, 0.3) is 15.9 Å². The van der Waals surface area contributed by atoms with Gasteiger partial charge in [0.15, 0.2) is 5.75 Å². The average Bonchev–Trinajstić information content (AvgIpc) is 3.68. The van der Waals surface area contributed by atoms with Gasteiger partial charge in [0.05, 0.1) is 21.6 Å². The maximum atomic E-state index is 15.2. The van der Waals surface area contributed by atoms with Crippen LogP contribution in [-0.2, 0) is 14.8 Å². The summed E-state index contributed by atoms with van der Waals surface area (Å²) in [6.07, 6.45) is 5.86. The second-order valence-corrected chi connectivity index (χ2v) is 20.6. The molecule has 2 aromatic carbocycles. The van der Waals surface area contributed by atoms with Crippen LogP contribution in [0.5, 0.6) is 17.2 Å². The first kappa shape index (κ1) is 43.1. The van der Waals surface area contributed by atoms with Gasteiger partial charge in [0, 0.05) is 93.6 Å². The third-order valence-corrected chi connectivity index (χ3v) is 15.2. The Morgan fingerprint density at radius 3 is 2.48 bits per heavy atom. The molecule has 0 spiro atoms. The van der Waals surface area contributed by atoms with Crippen molar-refractivity contribution in [2.75, 3.05) is 57.4 Å². The van der Waals surface area contributed by atoms with Gasteiger partial charge in [-0.2, -0.15) is 0 Å². The number of carbonyl (C=O) groups excluding carboxylic acids is 1. The summed E-state index contributed by atoms with van der Waals surface area (Å²) < 4.78 is 89.0. The van der Waals surface area contributed by atoms with E-state index >= 15 is 4.39 Å². The van der Waals surface area contributed by atoms with E-state index in [9.17, 15) is 32.1 Å². The number of rotatable bonds is 14. The van der Waals surface area contributed by atoms with E-state index in [1.54, 1.807) is 24.4 Å². The number of H-pyrrole nitrogens is 1. The molecule has 2 N–H and O–H groups in total. The molecule has 2 saturated heterocycles. The number of anilines is 1. The molecule has 10 rings (SSSR count). The Balaban J connectivity index is 0.919. The second-order valence-electron chi connectivity index (χ2n) is 18.9. The number of piperazine rings is 1. The zero-order valence-electron chi connectivity index (χ0n) is 35.3. The maximum absolute atomic E-state index is 15.2. The van der Waals surface area contributed by atoms with E-state index in [1.807, 2.05) is 10.8 Å². The van der Waals surface area contributed by atoms with Crippen molar-refractivity contribution in [2.45, 2.75) is 82.2 Å². The lowest BCUT2D eigenvalue weighted by molar-refractivity contribution is -0.386. The van der Waals surface area contributed by atoms with Crippen LogP contribution in [0, 0.1) is 26.4 Å². The number of amides is 1. The molecule has 4 heterocycles. The van der Waals surface area contributed by atoms with E-state index < -0.39 is 55.6 Å². The molecule has 14 nitrogen and oxygen atoms in total. The summed E-state index contributed by atoms with van der Waals surface area (Å²) in [5, 5.41) is 12.8. The van der Waals surface area contributed by atoms with Crippen LogP contribution < -0.4 is 19.1 Å². The fraction of sp³-hybridized carbons (Fsp3) is 0.511. The number of hydrogen-bond donors (Lipinski definition) is 2. The number of nitrogens with zero attached hydrogens (tertiary/aromatic N) is 4. The Morgan fingerprint density at radius 1 is 1.02 bits per heavy atom. The summed E-state index contributed by atoms with van der Waals surface area (Å²) in [5.74, 6) is -1.00. The van der Waals surface area contributed by atoms with Crippen molar-refractivity contribution in [3.05, 3.63) is 87.7 Å². The number of allylic oxidation sites excluding steroid dienone is 1. The average molecular weight is 893 g/mol. The topological polar surface area (TPSA) is 169 Å². The van der Waals surface area contributed by atoms with Crippen LogP contribution >= 0.6 is 0 Å². The van der Waals surface area contributed by atoms with Crippen LogP contribution in [0.2, 0.25) is 0 Å². The van der Waals surface area contributed by atoms with Crippen LogP contribution in [0.4, 0.5) is 24.5 Å². The first-order valence-corrected chi connectivity index (χ1v) is 22.9. The molecule has 0 atom stereocenters. The van der Waals surface area contributed by atoms with Gasteiger partial charge in [-0.3, -0.25) is 19.8 Å². The Kier molecular flexibility index (Phi) is 11.0. The number of hydrogen-bond acceptors (Lipinski definition) is 11. The minimum absolute atomic E-state index is 0.0507. The van der Waals surface area contributed by atoms with Crippen molar-refractivity contribution in [3.8, 4) is 17.2 Å². The molecular formula is C45H51F3N6O8S. The van der Waals surface area contributed by atoms with Crippen molar-refractivity contribution in [3.63, 3.8) is 0 Å². The smallest absolute Gasteiger partial charge is 0.312 e. The number of sulfonamides is 1. The Morgan fingerprint density at radius 2 is 1.76 bits per heavy atom. The van der Waals surface area contributed by atoms with Crippen LogP contribution in [-0.4, -0.2) is 98.8 Å². The highest BCUT2D eigenvalue weighted by Gasteiger charge is 2.73. The number of benzene rings is 2. The summed E-state index contributed by atoms with van der Waals surface area (Å²) in [6.45, 7) is 8.06. The third-order valence-electron chi connectivity index (χ3n) is 13.9. The van der Waals surface area contributed by atoms with Gasteiger partial charge in [-0.1, -0.05) is 25.0 Å². The normalized spacial score (nSPS) is 24.4. The molecular weight excluding hydrogens is 842 g/mol. The third kappa shape index (κ3) is 8.48. The van der Waals surface area contributed by atoms with Gasteiger partial charge < -0.3 is 24.1 Å². The number of ether oxygens (including phenoxy) is 3. The predicted molar refractivity (Wildman–Crippen MR) is 228 cm³/mol. The number of carbonyl (C=O) groups is 1. The van der Waals surface area contributed by atoms with Crippen molar-refractivity contribution in [1.82, 2.24) is 19.6 Å². The number of aromatic nitrogens is 2. The number of halogens is 3. The maximum Gasteiger partial charge on any atom is 0.312 e. The Bertz CT molecular complexity index is 2570. The van der Waals surface area contributed by atoms with Gasteiger partial charge >= 0.3 is 5.69 Å². The summed E-state index contributed by atoms with van der Waals surface area (Å²) in [6, 6.07) is 11.3. The van der Waals surface area contributed by atoms with Gasteiger partial charge in [0.1, 0.15) is 29.4 Å². The Hall–Kier alpha value is -5.20. The van der Waals surface area contributed by atoms with E-state index in [0.717, 1.165) is 68.2 Å². The zero-order chi connectivity index (χ0) is 44.4. The summed E-state index contributed by atoms with van der Waals surface area (Å²) in [7, 11) is -4.69. The Labute approximate surface area is 363 Å². The molecule has 4 aromatic rings. The standard InChI is InChI=1S/C45H51F3N6O8S/c1-42(2)9-7-30(35(22-42)43-25-44(26-43,27-43)41(46)47)24-52-13-15-53(16-14-52)31-3-5-34(38(20-31)62-32-19-29-8-12-49-39(29)50-23-32)40(55)51-63(58,59)33-4-6-37(36(21-33)54(56)57)61-28-45(48)10-17-60-18-11-45/h3-6,8,12,19-21,23,41H,7,9-11,13-18,22,24-28H2,1-2H3,(H,49,50)(H,51,55).